The lowest BCUT2D eigenvalue weighted by atomic mass is 10.1. The molecule has 1 aromatic carbocycles. The smallest absolute Gasteiger partial charge is 0.124 e. The van der Waals surface area contributed by atoms with Gasteiger partial charge in [0.2, 0.25) is 0 Å². The van der Waals surface area contributed by atoms with Gasteiger partial charge < -0.3 is 15.2 Å². The van der Waals surface area contributed by atoms with Gasteiger partial charge >= 0.3 is 0 Å². The van der Waals surface area contributed by atoms with Crippen molar-refractivity contribution < 1.29 is 9.47 Å². The van der Waals surface area contributed by atoms with E-state index in [1.54, 1.807) is 18.4 Å². The van der Waals surface area contributed by atoms with Gasteiger partial charge in [0.1, 0.15) is 5.75 Å². The van der Waals surface area contributed by atoms with E-state index in [-0.39, 0.29) is 0 Å². The fourth-order valence-electron chi connectivity index (χ4n) is 2.80. The average molecular weight is 317 g/mol. The zero-order chi connectivity index (χ0) is 15.5. The van der Waals surface area contributed by atoms with Crippen molar-refractivity contribution in [3.63, 3.8) is 0 Å². The molecule has 1 aliphatic carbocycles. The minimum Gasteiger partial charge on any atom is -0.493 e. The number of hydrogen-bond donors (Lipinski definition) is 1. The van der Waals surface area contributed by atoms with E-state index in [1.807, 2.05) is 0 Å². The van der Waals surface area contributed by atoms with Crippen LogP contribution in [0.5, 0.6) is 5.75 Å². The molecular weight excluding hydrogens is 294 g/mol. The molecule has 1 fully saturated rings. The Hall–Kier alpha value is -1.36. The molecule has 22 heavy (non-hydrogen) atoms. The molecule has 0 radical (unpaired) electrons. The molecule has 1 aromatic heterocycles. The number of aryl methyl sites for hydroxylation is 1. The third-order valence-corrected chi connectivity index (χ3v) is 5.38. The first-order valence-corrected chi connectivity index (χ1v) is 8.64. The fourth-order valence-corrected chi connectivity index (χ4v) is 3.72. The second kappa shape index (κ2) is 6.82. The maximum absolute atomic E-state index is 6.02. The zero-order valence-corrected chi connectivity index (χ0v) is 14.0. The van der Waals surface area contributed by atoms with Gasteiger partial charge in [0.15, 0.2) is 0 Å². The highest BCUT2D eigenvalue weighted by Gasteiger charge is 2.36. The second-order valence-electron chi connectivity index (χ2n) is 5.87. The number of rotatable bonds is 7. The van der Waals surface area contributed by atoms with Gasteiger partial charge in [-0.2, -0.15) is 0 Å². The summed E-state index contributed by atoms with van der Waals surface area (Å²) < 4.78 is 11.3. The SMILES string of the molecule is COC1CC1CCOc1cc(-c2sccc2C)ccc1CN. The monoisotopic (exact) mass is 317 g/mol. The van der Waals surface area contributed by atoms with E-state index in [1.165, 1.54) is 16.0 Å². The van der Waals surface area contributed by atoms with Crippen molar-refractivity contribution in [1.82, 2.24) is 0 Å². The van der Waals surface area contributed by atoms with Crippen molar-refractivity contribution in [2.75, 3.05) is 13.7 Å². The largest absolute Gasteiger partial charge is 0.493 e. The molecule has 2 unspecified atom stereocenters. The number of benzene rings is 1. The van der Waals surface area contributed by atoms with E-state index in [0.717, 1.165) is 30.8 Å². The average Bonchev–Trinajstić information content (AvgIpc) is 3.17. The molecule has 0 bridgehead atoms. The summed E-state index contributed by atoms with van der Waals surface area (Å²) in [5, 5.41) is 2.13. The molecule has 0 amide bonds. The highest BCUT2D eigenvalue weighted by atomic mass is 32.1. The predicted molar refractivity (Wildman–Crippen MR) is 91.4 cm³/mol. The van der Waals surface area contributed by atoms with E-state index in [4.69, 9.17) is 15.2 Å². The Morgan fingerprint density at radius 2 is 2.18 bits per heavy atom. The lowest BCUT2D eigenvalue weighted by Gasteiger charge is -2.12. The molecule has 0 saturated heterocycles. The molecule has 3 rings (SSSR count). The molecule has 2 atom stereocenters. The van der Waals surface area contributed by atoms with Gasteiger partial charge in [-0.25, -0.2) is 0 Å². The zero-order valence-electron chi connectivity index (χ0n) is 13.2. The molecule has 2 N–H and O–H groups in total. The Bertz CT molecular complexity index is 638. The number of ether oxygens (including phenoxy) is 2. The van der Waals surface area contributed by atoms with E-state index in [2.05, 4.69) is 36.6 Å². The molecule has 1 aliphatic rings. The van der Waals surface area contributed by atoms with Crippen LogP contribution >= 0.6 is 11.3 Å². The standard InChI is InChI=1S/C18H23NO2S/c1-12-6-8-22-18(12)14-3-4-15(11-19)17(10-14)21-7-5-13-9-16(13)20-2/h3-4,6,8,10,13,16H,5,7,9,11,19H2,1-2H3. The molecule has 4 heteroatoms. The summed E-state index contributed by atoms with van der Waals surface area (Å²) in [7, 11) is 1.78. The van der Waals surface area contributed by atoms with E-state index in [9.17, 15) is 0 Å². The summed E-state index contributed by atoms with van der Waals surface area (Å²) in [5.41, 5.74) is 9.42. The third-order valence-electron chi connectivity index (χ3n) is 4.32. The van der Waals surface area contributed by atoms with Crippen LogP contribution in [0.4, 0.5) is 0 Å². The number of nitrogens with two attached hydrogens (primary N) is 1. The summed E-state index contributed by atoms with van der Waals surface area (Å²) in [6.45, 7) is 3.37. The first-order chi connectivity index (χ1) is 10.7. The van der Waals surface area contributed by atoms with Crippen LogP contribution in [0, 0.1) is 12.8 Å². The van der Waals surface area contributed by atoms with Gasteiger partial charge in [0.25, 0.3) is 0 Å². The van der Waals surface area contributed by atoms with Gasteiger partial charge in [-0.05, 0) is 54.3 Å². The molecule has 0 spiro atoms. The van der Waals surface area contributed by atoms with Crippen molar-refractivity contribution in [3.8, 4) is 16.2 Å². The molecule has 1 heterocycles. The molecule has 0 aliphatic heterocycles. The summed E-state index contributed by atoms with van der Waals surface area (Å²) in [6.07, 6.45) is 2.65. The van der Waals surface area contributed by atoms with Crippen LogP contribution in [0.1, 0.15) is 24.0 Å². The quantitative estimate of drug-likeness (QED) is 0.840. The Labute approximate surface area is 136 Å². The van der Waals surface area contributed by atoms with Crippen LogP contribution in [0.2, 0.25) is 0 Å². The summed E-state index contributed by atoms with van der Waals surface area (Å²) in [5.74, 6) is 1.58. The minimum atomic E-state index is 0.442. The highest BCUT2D eigenvalue weighted by molar-refractivity contribution is 7.13. The molecule has 3 nitrogen and oxygen atoms in total. The van der Waals surface area contributed by atoms with Crippen LogP contribution in [-0.4, -0.2) is 19.8 Å². The molecular formula is C18H23NO2S. The van der Waals surface area contributed by atoms with Crippen LogP contribution in [0.25, 0.3) is 10.4 Å². The normalized spacial score (nSPS) is 20.1. The van der Waals surface area contributed by atoms with Crippen LogP contribution in [-0.2, 0) is 11.3 Å². The van der Waals surface area contributed by atoms with Crippen molar-refractivity contribution in [2.45, 2.75) is 32.4 Å². The molecule has 2 aromatic rings. The Morgan fingerprint density at radius 3 is 2.82 bits per heavy atom. The third kappa shape index (κ3) is 3.35. The van der Waals surface area contributed by atoms with E-state index >= 15 is 0 Å². The Kier molecular flexibility index (Phi) is 4.81. The fraction of sp³-hybridized carbons (Fsp3) is 0.444. The topological polar surface area (TPSA) is 44.5 Å². The van der Waals surface area contributed by atoms with Gasteiger partial charge in [0.05, 0.1) is 12.7 Å². The molecule has 1 saturated carbocycles. The van der Waals surface area contributed by atoms with Crippen LogP contribution in [0.15, 0.2) is 29.6 Å². The maximum atomic E-state index is 6.02. The minimum absolute atomic E-state index is 0.442. The van der Waals surface area contributed by atoms with Gasteiger partial charge in [0, 0.05) is 24.1 Å². The number of thiophene rings is 1. The van der Waals surface area contributed by atoms with Crippen molar-refractivity contribution in [2.24, 2.45) is 11.7 Å². The van der Waals surface area contributed by atoms with Gasteiger partial charge in [-0.15, -0.1) is 11.3 Å². The second-order valence-corrected chi connectivity index (χ2v) is 6.78. The Morgan fingerprint density at radius 1 is 1.32 bits per heavy atom. The van der Waals surface area contributed by atoms with Crippen LogP contribution < -0.4 is 10.5 Å². The lowest BCUT2D eigenvalue weighted by Crippen LogP contribution is -2.05. The van der Waals surface area contributed by atoms with E-state index < -0.39 is 0 Å². The van der Waals surface area contributed by atoms with Crippen molar-refractivity contribution in [3.05, 3.63) is 40.8 Å². The number of hydrogen-bond acceptors (Lipinski definition) is 4. The first-order valence-electron chi connectivity index (χ1n) is 7.76. The summed E-state index contributed by atoms with van der Waals surface area (Å²) >= 11 is 1.76. The number of methoxy groups -OCH3 is 1. The Balaban J connectivity index is 1.70. The predicted octanol–water partition coefficient (Wildman–Crippen LogP) is 3.99. The highest BCUT2D eigenvalue weighted by Crippen LogP contribution is 2.37. The first kappa shape index (κ1) is 15.5. The van der Waals surface area contributed by atoms with Gasteiger partial charge in [-0.1, -0.05) is 12.1 Å². The van der Waals surface area contributed by atoms with Crippen molar-refractivity contribution in [1.29, 1.82) is 0 Å². The molecule has 118 valence electrons. The van der Waals surface area contributed by atoms with Crippen LogP contribution in [0.3, 0.4) is 0 Å². The lowest BCUT2D eigenvalue weighted by molar-refractivity contribution is 0.163. The summed E-state index contributed by atoms with van der Waals surface area (Å²) in [6, 6.07) is 8.49. The summed E-state index contributed by atoms with van der Waals surface area (Å²) in [4.78, 5) is 1.30. The maximum Gasteiger partial charge on any atom is 0.124 e. The van der Waals surface area contributed by atoms with E-state index in [0.29, 0.717) is 18.6 Å². The van der Waals surface area contributed by atoms with Gasteiger partial charge in [-0.3, -0.25) is 0 Å². The van der Waals surface area contributed by atoms with Crippen molar-refractivity contribution >= 4 is 11.3 Å².